The van der Waals surface area contributed by atoms with Gasteiger partial charge >= 0.3 is 0 Å². The first-order valence-electron chi connectivity index (χ1n) is 9.20. The average Bonchev–Trinajstić information content (AvgIpc) is 2.68. The molecule has 1 saturated heterocycles. The van der Waals surface area contributed by atoms with Gasteiger partial charge in [0, 0.05) is 10.6 Å². The van der Waals surface area contributed by atoms with E-state index < -0.39 is 0 Å². The number of anilines is 2. The van der Waals surface area contributed by atoms with Crippen LogP contribution in [0, 0.1) is 18.3 Å². The van der Waals surface area contributed by atoms with Crippen molar-refractivity contribution >= 4 is 29.0 Å². The number of amides is 1. The minimum Gasteiger partial charge on any atom is -0.360 e. The average molecular weight is 382 g/mol. The van der Waals surface area contributed by atoms with Crippen molar-refractivity contribution in [1.29, 1.82) is 5.26 Å². The quantitative estimate of drug-likeness (QED) is 0.751. The lowest BCUT2D eigenvalue weighted by Crippen LogP contribution is -3.15. The first-order valence-corrected chi connectivity index (χ1v) is 10.2. The normalized spacial score (nSPS) is 14.6. The number of carbonyl (C=O) groups is 1. The third kappa shape index (κ3) is 5.25. The Morgan fingerprint density at radius 2 is 1.89 bits per heavy atom. The molecule has 0 spiro atoms. The predicted octanol–water partition coefficient (Wildman–Crippen LogP) is 1.95. The smallest absolute Gasteiger partial charge is 0.279 e. The molecule has 0 saturated carbocycles. The van der Waals surface area contributed by atoms with E-state index in [1.54, 1.807) is 0 Å². The Morgan fingerprint density at radius 3 is 2.63 bits per heavy atom. The number of carbonyl (C=O) groups excluding carboxylic acids is 1. The maximum Gasteiger partial charge on any atom is 0.279 e. The molecule has 1 fully saturated rings. The van der Waals surface area contributed by atoms with Gasteiger partial charge in [-0.3, -0.25) is 4.79 Å². The van der Waals surface area contributed by atoms with E-state index in [-0.39, 0.29) is 5.91 Å². The second-order valence-corrected chi connectivity index (χ2v) is 7.71. The van der Waals surface area contributed by atoms with Crippen molar-refractivity contribution in [2.75, 3.05) is 48.7 Å². The predicted molar refractivity (Wildman–Crippen MR) is 110 cm³/mol. The summed E-state index contributed by atoms with van der Waals surface area (Å²) in [5.74, 6) is 0.401. The Bertz CT molecular complexity index is 825. The maximum atomic E-state index is 12.5. The summed E-state index contributed by atoms with van der Waals surface area (Å²) in [6.07, 6.45) is 0. The number of piperazine rings is 1. The molecule has 2 aromatic rings. The van der Waals surface area contributed by atoms with Gasteiger partial charge in [0.1, 0.15) is 0 Å². The molecular weight excluding hydrogens is 356 g/mol. The third-order valence-electron chi connectivity index (χ3n) is 4.79. The van der Waals surface area contributed by atoms with Gasteiger partial charge in [-0.15, -0.1) is 11.8 Å². The van der Waals surface area contributed by atoms with E-state index in [4.69, 9.17) is 5.26 Å². The van der Waals surface area contributed by atoms with E-state index in [1.807, 2.05) is 24.3 Å². The Labute approximate surface area is 165 Å². The fraction of sp³-hybridized carbons (Fsp3) is 0.333. The summed E-state index contributed by atoms with van der Waals surface area (Å²) in [7, 11) is 0. The summed E-state index contributed by atoms with van der Waals surface area (Å²) in [5.41, 5.74) is 3.38. The van der Waals surface area contributed by atoms with Crippen LogP contribution < -0.4 is 15.1 Å². The highest BCUT2D eigenvalue weighted by molar-refractivity contribution is 7.99. The van der Waals surface area contributed by atoms with Crippen molar-refractivity contribution in [1.82, 2.24) is 0 Å². The van der Waals surface area contributed by atoms with Crippen LogP contribution in [0.5, 0.6) is 0 Å². The largest absolute Gasteiger partial charge is 0.360 e. The second-order valence-electron chi connectivity index (χ2n) is 6.69. The number of hydrogen-bond acceptors (Lipinski definition) is 4. The van der Waals surface area contributed by atoms with Crippen molar-refractivity contribution < 1.29 is 9.69 Å². The molecule has 6 heteroatoms. The van der Waals surface area contributed by atoms with Gasteiger partial charge in [0.25, 0.3) is 5.91 Å². The molecule has 3 rings (SSSR count). The molecule has 0 atom stereocenters. The lowest BCUT2D eigenvalue weighted by atomic mass is 10.1. The van der Waals surface area contributed by atoms with E-state index in [0.717, 1.165) is 36.8 Å². The van der Waals surface area contributed by atoms with Crippen LogP contribution in [0.1, 0.15) is 5.56 Å². The number of benzene rings is 2. The Hall–Kier alpha value is -2.49. The summed E-state index contributed by atoms with van der Waals surface area (Å²) in [6.45, 7) is 6.44. The molecule has 1 aliphatic heterocycles. The van der Waals surface area contributed by atoms with Crippen molar-refractivity contribution in [3.63, 3.8) is 0 Å². The number of thioether (sulfide) groups is 1. The number of quaternary nitrogens is 1. The van der Waals surface area contributed by atoms with Gasteiger partial charge in [-0.1, -0.05) is 30.3 Å². The molecule has 140 valence electrons. The van der Waals surface area contributed by atoms with E-state index >= 15 is 0 Å². The lowest BCUT2D eigenvalue weighted by Gasteiger charge is -2.34. The molecular formula is C21H25N4OS+. The third-order valence-corrected chi connectivity index (χ3v) is 5.73. The molecule has 0 unspecified atom stereocenters. The summed E-state index contributed by atoms with van der Waals surface area (Å²) in [4.78, 5) is 17.1. The van der Waals surface area contributed by atoms with E-state index in [9.17, 15) is 4.79 Å². The standard InChI is InChI=1S/C21H24N4OS/c1-17-6-2-4-8-19(17)25-13-11-24(12-14-25)16-21(26)23-18-7-3-5-9-20(18)27-15-10-22/h2-9H,11-16H2,1H3,(H,23,26)/p+1. The molecule has 5 nitrogen and oxygen atoms in total. The highest BCUT2D eigenvalue weighted by atomic mass is 32.2. The summed E-state index contributed by atoms with van der Waals surface area (Å²) < 4.78 is 0. The van der Waals surface area contributed by atoms with E-state index in [0.29, 0.717) is 12.3 Å². The monoisotopic (exact) mass is 381 g/mol. The number of rotatable bonds is 6. The van der Waals surface area contributed by atoms with Crippen LogP contribution in [0.2, 0.25) is 0 Å². The zero-order valence-electron chi connectivity index (χ0n) is 15.6. The van der Waals surface area contributed by atoms with Crippen molar-refractivity contribution in [3.8, 4) is 6.07 Å². The maximum absolute atomic E-state index is 12.5. The van der Waals surface area contributed by atoms with Crippen LogP contribution in [0.15, 0.2) is 53.4 Å². The summed E-state index contributed by atoms with van der Waals surface area (Å²) >= 11 is 1.45. The van der Waals surface area contributed by atoms with Crippen LogP contribution in [-0.4, -0.2) is 44.4 Å². The molecule has 27 heavy (non-hydrogen) atoms. The van der Waals surface area contributed by atoms with Gasteiger partial charge in [-0.2, -0.15) is 5.26 Å². The van der Waals surface area contributed by atoms with Gasteiger partial charge < -0.3 is 15.1 Å². The van der Waals surface area contributed by atoms with E-state index in [1.165, 1.54) is 27.9 Å². The van der Waals surface area contributed by atoms with Gasteiger partial charge in [0.05, 0.1) is 43.7 Å². The molecule has 1 heterocycles. The Kier molecular flexibility index (Phi) is 6.74. The van der Waals surface area contributed by atoms with Gasteiger partial charge in [-0.25, -0.2) is 0 Å². The van der Waals surface area contributed by atoms with Crippen molar-refractivity contribution in [3.05, 3.63) is 54.1 Å². The van der Waals surface area contributed by atoms with Gasteiger partial charge in [-0.05, 0) is 30.7 Å². The minimum atomic E-state index is 0.0272. The van der Waals surface area contributed by atoms with Crippen LogP contribution in [0.4, 0.5) is 11.4 Å². The molecule has 2 N–H and O–H groups in total. The zero-order chi connectivity index (χ0) is 19.1. The highest BCUT2D eigenvalue weighted by Gasteiger charge is 2.23. The molecule has 0 aliphatic carbocycles. The second kappa shape index (κ2) is 9.45. The highest BCUT2D eigenvalue weighted by Crippen LogP contribution is 2.26. The number of aryl methyl sites for hydroxylation is 1. The van der Waals surface area contributed by atoms with Crippen LogP contribution in [0.25, 0.3) is 0 Å². The lowest BCUT2D eigenvalue weighted by molar-refractivity contribution is -0.892. The molecule has 1 aliphatic rings. The number of nitrogens with one attached hydrogen (secondary N) is 2. The number of para-hydroxylation sites is 2. The van der Waals surface area contributed by atoms with Crippen LogP contribution >= 0.6 is 11.8 Å². The first kappa shape index (κ1) is 19.3. The number of nitriles is 1. The molecule has 0 bridgehead atoms. The fourth-order valence-electron chi connectivity index (χ4n) is 3.39. The fourth-order valence-corrected chi connectivity index (χ4v) is 4.06. The van der Waals surface area contributed by atoms with Gasteiger partial charge in [0.15, 0.2) is 6.54 Å². The number of hydrogen-bond donors (Lipinski definition) is 2. The number of nitrogens with zero attached hydrogens (tertiary/aromatic N) is 2. The van der Waals surface area contributed by atoms with Gasteiger partial charge in [0.2, 0.25) is 0 Å². The Balaban J connectivity index is 1.52. The topological polar surface area (TPSA) is 60.6 Å². The van der Waals surface area contributed by atoms with Crippen LogP contribution in [0.3, 0.4) is 0 Å². The first-order chi connectivity index (χ1) is 13.2. The zero-order valence-corrected chi connectivity index (χ0v) is 16.4. The van der Waals surface area contributed by atoms with Crippen molar-refractivity contribution in [2.24, 2.45) is 0 Å². The molecule has 0 aromatic heterocycles. The molecule has 1 amide bonds. The van der Waals surface area contributed by atoms with Crippen molar-refractivity contribution in [2.45, 2.75) is 11.8 Å². The molecule has 0 radical (unpaired) electrons. The van der Waals surface area contributed by atoms with E-state index in [2.05, 4.69) is 47.5 Å². The molecule has 2 aromatic carbocycles. The summed E-state index contributed by atoms with van der Waals surface area (Å²) in [5, 5.41) is 11.8. The Morgan fingerprint density at radius 1 is 1.19 bits per heavy atom. The minimum absolute atomic E-state index is 0.0272. The summed E-state index contributed by atoms with van der Waals surface area (Å²) in [6, 6.07) is 18.2. The van der Waals surface area contributed by atoms with Crippen LogP contribution in [-0.2, 0) is 4.79 Å². The SMILES string of the molecule is Cc1ccccc1N1CC[NH+](CC(=O)Nc2ccccc2SCC#N)CC1.